The summed E-state index contributed by atoms with van der Waals surface area (Å²) in [5.41, 5.74) is 11.8. The van der Waals surface area contributed by atoms with Crippen LogP contribution >= 0.6 is 0 Å². The second-order valence-corrected chi connectivity index (χ2v) is 13.3. The minimum atomic E-state index is 0. The van der Waals surface area contributed by atoms with Crippen LogP contribution in [0.1, 0.15) is 0 Å². The Labute approximate surface area is 339 Å². The first-order valence-electron chi connectivity index (χ1n) is 18.2. The van der Waals surface area contributed by atoms with Crippen LogP contribution in [0.3, 0.4) is 0 Å². The zero-order chi connectivity index (χ0) is 36.6. The van der Waals surface area contributed by atoms with Gasteiger partial charge in [0.25, 0.3) is 12.7 Å². The van der Waals surface area contributed by atoms with Gasteiger partial charge in [0.15, 0.2) is 0 Å². The molecule has 0 aliphatic heterocycles. The average Bonchev–Trinajstić information content (AvgIpc) is 3.85. The Morgan fingerprint density at radius 2 is 0.732 bits per heavy atom. The van der Waals surface area contributed by atoms with Crippen LogP contribution in [-0.2, 0) is 21.1 Å². The van der Waals surface area contributed by atoms with E-state index in [2.05, 4.69) is 177 Å². The van der Waals surface area contributed by atoms with Gasteiger partial charge < -0.3 is 13.9 Å². The number of imidazole rings is 2. The van der Waals surface area contributed by atoms with E-state index < -0.39 is 0 Å². The van der Waals surface area contributed by atoms with E-state index in [0.29, 0.717) is 11.5 Å². The van der Waals surface area contributed by atoms with Gasteiger partial charge in [0, 0.05) is 11.5 Å². The minimum absolute atomic E-state index is 0. The van der Waals surface area contributed by atoms with Gasteiger partial charge >= 0.3 is 21.1 Å². The minimum Gasteiger partial charge on any atom is -0.510 e. The van der Waals surface area contributed by atoms with E-state index in [1.54, 1.807) is 0 Å². The standard InChI is InChI=1S/C50H32N4O.Pt/c1-5-17-37(18-6-1)39-29-43(53-35-51(41-21-9-3-10-22-41)47-25-13-15-27-49(47)53)33-45(31-39)55-46-32-40(38-19-7-2-8-20-38)30-44(34-46)54-36-52(42-23-11-4-12-24-42)48-26-14-16-28-50(48)54;/h1-32H;/q-2;+4. The number of aromatic nitrogens is 4. The van der Waals surface area contributed by atoms with E-state index in [9.17, 15) is 0 Å². The number of benzene rings is 8. The molecule has 0 atom stereocenters. The van der Waals surface area contributed by atoms with Crippen molar-refractivity contribution < 1.29 is 34.9 Å². The number of para-hydroxylation sites is 6. The number of fused-ring (bicyclic) bond motifs is 2. The van der Waals surface area contributed by atoms with E-state index in [0.717, 1.165) is 67.1 Å². The first kappa shape index (κ1) is 34.9. The van der Waals surface area contributed by atoms with Gasteiger partial charge in [-0.15, -0.1) is 35.4 Å². The largest absolute Gasteiger partial charge is 4.00 e. The zero-order valence-electron chi connectivity index (χ0n) is 30.0. The van der Waals surface area contributed by atoms with Crippen LogP contribution in [0, 0.1) is 24.8 Å². The van der Waals surface area contributed by atoms with Crippen molar-refractivity contribution in [3.8, 4) is 56.5 Å². The summed E-state index contributed by atoms with van der Waals surface area (Å²) < 4.78 is 15.1. The molecular formula is C50H32N4OPt+2. The molecule has 0 amide bonds. The second-order valence-electron chi connectivity index (χ2n) is 13.3. The molecular weight excluding hydrogens is 868 g/mol. The molecule has 8 aromatic carbocycles. The van der Waals surface area contributed by atoms with Gasteiger partial charge in [-0.2, -0.15) is 12.1 Å². The van der Waals surface area contributed by atoms with Gasteiger partial charge in [-0.1, -0.05) is 146 Å². The number of hydrogen-bond acceptors (Lipinski definition) is 1. The predicted octanol–water partition coefficient (Wildman–Crippen LogP) is 10.5. The molecule has 56 heavy (non-hydrogen) atoms. The van der Waals surface area contributed by atoms with Crippen LogP contribution in [-0.4, -0.2) is 9.13 Å². The zero-order valence-corrected chi connectivity index (χ0v) is 32.3. The quantitative estimate of drug-likeness (QED) is 0.110. The van der Waals surface area contributed by atoms with Crippen molar-refractivity contribution in [1.29, 1.82) is 0 Å². The molecule has 5 nitrogen and oxygen atoms in total. The maximum absolute atomic E-state index is 6.85. The SMILES string of the molecule is [Pt+4].[c-]1c(Oc2[c-]c(-n3[c-][n+](-c4ccccc4)c4ccccc43)cc(-c3ccccc3)c2)cc(-c2ccccc2)cc1-n1[c-][n+](-c2ccccc2)c2ccccc21. The fourth-order valence-electron chi connectivity index (χ4n) is 7.14. The average molecular weight is 900 g/mol. The molecule has 2 aromatic heterocycles. The van der Waals surface area contributed by atoms with Crippen molar-refractivity contribution in [2.24, 2.45) is 0 Å². The molecule has 0 spiro atoms. The molecule has 10 rings (SSSR count). The summed E-state index contributed by atoms with van der Waals surface area (Å²) >= 11 is 0. The molecule has 0 aliphatic rings. The molecule has 10 aromatic rings. The molecule has 0 unspecified atom stereocenters. The van der Waals surface area contributed by atoms with Gasteiger partial charge in [-0.25, -0.2) is 0 Å². The summed E-state index contributed by atoms with van der Waals surface area (Å²) in [6.07, 6.45) is 7.23. The Morgan fingerprint density at radius 1 is 0.375 bits per heavy atom. The van der Waals surface area contributed by atoms with Crippen molar-refractivity contribution in [1.82, 2.24) is 9.13 Å². The number of ether oxygens (including phenoxy) is 1. The molecule has 0 bridgehead atoms. The van der Waals surface area contributed by atoms with E-state index in [1.165, 1.54) is 0 Å². The third kappa shape index (κ3) is 6.63. The summed E-state index contributed by atoms with van der Waals surface area (Å²) in [5.74, 6) is 1.11. The third-order valence-corrected chi connectivity index (χ3v) is 9.73. The molecule has 0 aliphatic carbocycles. The van der Waals surface area contributed by atoms with E-state index in [1.807, 2.05) is 60.7 Å². The van der Waals surface area contributed by atoms with Gasteiger partial charge in [-0.3, -0.25) is 9.13 Å². The van der Waals surface area contributed by atoms with Crippen LogP contribution in [0.15, 0.2) is 194 Å². The Hall–Kier alpha value is -6.81. The smallest absolute Gasteiger partial charge is 0.510 e. The molecule has 0 saturated heterocycles. The van der Waals surface area contributed by atoms with Crippen molar-refractivity contribution in [2.75, 3.05) is 0 Å². The van der Waals surface area contributed by atoms with Crippen molar-refractivity contribution in [2.45, 2.75) is 0 Å². The monoisotopic (exact) mass is 899 g/mol. The molecule has 266 valence electrons. The number of rotatable bonds is 8. The summed E-state index contributed by atoms with van der Waals surface area (Å²) in [6, 6.07) is 73.5. The van der Waals surface area contributed by atoms with E-state index >= 15 is 0 Å². The summed E-state index contributed by atoms with van der Waals surface area (Å²) in [6.45, 7) is 0. The first-order chi connectivity index (χ1) is 27.2. The second kappa shape index (κ2) is 15.1. The van der Waals surface area contributed by atoms with Crippen molar-refractivity contribution in [3.63, 3.8) is 0 Å². The number of hydrogen-bond donors (Lipinski definition) is 0. The maximum Gasteiger partial charge on any atom is 4.00 e. The Kier molecular flexibility index (Phi) is 9.44. The van der Waals surface area contributed by atoms with Crippen LogP contribution in [0.25, 0.3) is 67.1 Å². The fraction of sp³-hybridized carbons (Fsp3) is 0. The Morgan fingerprint density at radius 3 is 1.14 bits per heavy atom. The Bertz CT molecular complexity index is 2740. The van der Waals surface area contributed by atoms with Crippen LogP contribution < -0.4 is 13.9 Å². The van der Waals surface area contributed by atoms with E-state index in [-0.39, 0.29) is 21.1 Å². The summed E-state index contributed by atoms with van der Waals surface area (Å²) in [4.78, 5) is 0. The molecule has 0 N–H and O–H groups in total. The topological polar surface area (TPSA) is 26.8 Å². The summed E-state index contributed by atoms with van der Waals surface area (Å²) in [7, 11) is 0. The Balaban J connectivity index is 0.00000410. The van der Waals surface area contributed by atoms with Crippen LogP contribution in [0.2, 0.25) is 0 Å². The normalized spacial score (nSPS) is 11.1. The predicted molar refractivity (Wildman–Crippen MR) is 216 cm³/mol. The van der Waals surface area contributed by atoms with Gasteiger partial charge in [-0.05, 0) is 46.8 Å². The van der Waals surface area contributed by atoms with E-state index in [4.69, 9.17) is 4.74 Å². The van der Waals surface area contributed by atoms with Crippen molar-refractivity contribution in [3.05, 3.63) is 219 Å². The molecule has 0 fully saturated rings. The fourth-order valence-corrected chi connectivity index (χ4v) is 7.14. The first-order valence-corrected chi connectivity index (χ1v) is 18.2. The number of nitrogens with zero attached hydrogens (tertiary/aromatic N) is 4. The molecule has 6 heteroatoms. The van der Waals surface area contributed by atoms with Gasteiger partial charge in [0.05, 0.1) is 33.4 Å². The van der Waals surface area contributed by atoms with Crippen molar-refractivity contribution >= 4 is 22.1 Å². The van der Waals surface area contributed by atoms with Gasteiger partial charge in [0.2, 0.25) is 0 Å². The molecule has 0 saturated carbocycles. The van der Waals surface area contributed by atoms with Gasteiger partial charge in [0.1, 0.15) is 0 Å². The molecule has 0 radical (unpaired) electrons. The van der Waals surface area contributed by atoms with Crippen LogP contribution in [0.5, 0.6) is 11.5 Å². The summed E-state index contributed by atoms with van der Waals surface area (Å²) in [5, 5.41) is 0. The third-order valence-electron chi connectivity index (χ3n) is 9.73. The maximum atomic E-state index is 6.85. The van der Waals surface area contributed by atoms with Crippen LogP contribution in [0.4, 0.5) is 0 Å². The molecule has 2 heterocycles.